The zero-order chi connectivity index (χ0) is 20.1. The predicted octanol–water partition coefficient (Wildman–Crippen LogP) is 3.34. The number of nitrogens with zero attached hydrogens (tertiary/aromatic N) is 3. The molecule has 1 aliphatic rings. The molecule has 0 atom stereocenters. The Balaban J connectivity index is 1.71. The average molecular weight is 387 g/mol. The first-order chi connectivity index (χ1) is 13.5. The molecule has 0 radical (unpaired) electrons. The highest BCUT2D eigenvalue weighted by Crippen LogP contribution is 2.27. The van der Waals surface area contributed by atoms with E-state index >= 15 is 0 Å². The second-order valence-corrected chi connectivity index (χ2v) is 7.30. The van der Waals surface area contributed by atoms with Crippen LogP contribution in [0.25, 0.3) is 0 Å². The number of aromatic nitrogens is 1. The van der Waals surface area contributed by atoms with Gasteiger partial charge in [-0.3, -0.25) is 9.69 Å². The lowest BCUT2D eigenvalue weighted by atomic mass is 10.1. The molecule has 1 fully saturated rings. The van der Waals surface area contributed by atoms with E-state index in [1.54, 1.807) is 14.2 Å². The lowest BCUT2D eigenvalue weighted by Gasteiger charge is -2.26. The molecule has 1 aliphatic heterocycles. The predicted molar refractivity (Wildman–Crippen MR) is 106 cm³/mol. The van der Waals surface area contributed by atoms with E-state index in [4.69, 9.17) is 13.9 Å². The van der Waals surface area contributed by atoms with Gasteiger partial charge in [0.2, 0.25) is 5.89 Å². The maximum atomic E-state index is 12.5. The normalized spacial score (nSPS) is 14.1. The fourth-order valence-electron chi connectivity index (χ4n) is 3.36. The molecular formula is C21H29N3O4. The number of hydrogen-bond acceptors (Lipinski definition) is 6. The van der Waals surface area contributed by atoms with Gasteiger partial charge in [-0.25, -0.2) is 4.98 Å². The molecule has 1 aromatic carbocycles. The van der Waals surface area contributed by atoms with Gasteiger partial charge in [-0.15, -0.1) is 0 Å². The average Bonchev–Trinajstić information content (AvgIpc) is 3.39. The number of carbonyl (C=O) groups is 1. The van der Waals surface area contributed by atoms with E-state index in [0.717, 1.165) is 43.0 Å². The molecule has 28 heavy (non-hydrogen) atoms. The molecule has 1 amide bonds. The summed E-state index contributed by atoms with van der Waals surface area (Å²) in [5, 5.41) is 0. The van der Waals surface area contributed by atoms with Crippen molar-refractivity contribution in [3.63, 3.8) is 0 Å². The molecule has 152 valence electrons. The summed E-state index contributed by atoms with van der Waals surface area (Å²) in [4.78, 5) is 21.0. The number of methoxy groups -OCH3 is 2. The van der Waals surface area contributed by atoms with Gasteiger partial charge in [-0.1, -0.05) is 6.07 Å². The van der Waals surface area contributed by atoms with E-state index < -0.39 is 0 Å². The van der Waals surface area contributed by atoms with Crippen LogP contribution in [-0.2, 0) is 13.1 Å². The number of hydrogen-bond donors (Lipinski definition) is 0. The summed E-state index contributed by atoms with van der Waals surface area (Å²) < 4.78 is 16.4. The van der Waals surface area contributed by atoms with Crippen molar-refractivity contribution < 1.29 is 18.7 Å². The summed E-state index contributed by atoms with van der Waals surface area (Å²) >= 11 is 0. The second kappa shape index (κ2) is 9.10. The van der Waals surface area contributed by atoms with Gasteiger partial charge in [0.05, 0.1) is 20.8 Å². The number of oxazole rings is 1. The van der Waals surface area contributed by atoms with Crippen LogP contribution in [0.2, 0.25) is 0 Å². The van der Waals surface area contributed by atoms with Gasteiger partial charge >= 0.3 is 0 Å². The van der Waals surface area contributed by atoms with E-state index in [1.165, 1.54) is 6.26 Å². The number of amides is 1. The second-order valence-electron chi connectivity index (χ2n) is 7.30. The van der Waals surface area contributed by atoms with Gasteiger partial charge in [0, 0.05) is 37.3 Å². The zero-order valence-corrected chi connectivity index (χ0v) is 17.1. The van der Waals surface area contributed by atoms with E-state index in [1.807, 2.05) is 23.1 Å². The molecule has 0 N–H and O–H groups in total. The molecule has 0 bridgehead atoms. The highest BCUT2D eigenvalue weighted by Gasteiger charge is 2.23. The first kappa shape index (κ1) is 20.2. The molecule has 7 nitrogen and oxygen atoms in total. The highest BCUT2D eigenvalue weighted by atomic mass is 16.5. The monoisotopic (exact) mass is 387 g/mol. The van der Waals surface area contributed by atoms with Crippen molar-refractivity contribution in [1.29, 1.82) is 0 Å². The minimum Gasteiger partial charge on any atom is -0.497 e. The van der Waals surface area contributed by atoms with Crippen LogP contribution in [0.5, 0.6) is 11.5 Å². The number of likely N-dealkylation sites (tertiary alicyclic amines) is 1. The topological polar surface area (TPSA) is 68.0 Å². The molecule has 2 aromatic rings. The Labute approximate surface area is 166 Å². The third-order valence-corrected chi connectivity index (χ3v) is 5.10. The summed E-state index contributed by atoms with van der Waals surface area (Å²) in [7, 11) is 3.29. The van der Waals surface area contributed by atoms with Gasteiger partial charge in [0.15, 0.2) is 5.69 Å². The smallest absolute Gasteiger partial charge is 0.275 e. The van der Waals surface area contributed by atoms with Crippen LogP contribution in [-0.4, -0.2) is 54.0 Å². The van der Waals surface area contributed by atoms with Crippen molar-refractivity contribution in [3.05, 3.63) is 41.6 Å². The van der Waals surface area contributed by atoms with Crippen molar-refractivity contribution >= 4 is 5.91 Å². The summed E-state index contributed by atoms with van der Waals surface area (Å²) in [6.45, 7) is 7.03. The van der Waals surface area contributed by atoms with Crippen LogP contribution in [0, 0.1) is 0 Å². The molecule has 0 saturated carbocycles. The maximum Gasteiger partial charge on any atom is 0.275 e. The number of ether oxygens (including phenoxy) is 2. The summed E-state index contributed by atoms with van der Waals surface area (Å²) in [6, 6.07) is 6.07. The third-order valence-electron chi connectivity index (χ3n) is 5.10. The van der Waals surface area contributed by atoms with Gasteiger partial charge in [-0.2, -0.15) is 0 Å². The van der Waals surface area contributed by atoms with Gasteiger partial charge in [-0.05, 0) is 32.8 Å². The van der Waals surface area contributed by atoms with E-state index in [0.29, 0.717) is 24.7 Å². The summed E-state index contributed by atoms with van der Waals surface area (Å²) in [5.74, 6) is 2.04. The number of carbonyl (C=O) groups excluding carboxylic acids is 1. The van der Waals surface area contributed by atoms with Crippen LogP contribution >= 0.6 is 0 Å². The van der Waals surface area contributed by atoms with Gasteiger partial charge in [0.1, 0.15) is 17.8 Å². The van der Waals surface area contributed by atoms with Crippen molar-refractivity contribution in [3.8, 4) is 11.5 Å². The number of benzene rings is 1. The fraction of sp³-hybridized carbons (Fsp3) is 0.524. The number of rotatable bonds is 8. The van der Waals surface area contributed by atoms with E-state index in [-0.39, 0.29) is 11.9 Å². The fourth-order valence-corrected chi connectivity index (χ4v) is 3.36. The lowest BCUT2D eigenvalue weighted by molar-refractivity contribution is 0.0787. The molecule has 3 rings (SSSR count). The Morgan fingerprint density at radius 3 is 2.61 bits per heavy atom. The molecular weight excluding hydrogens is 358 g/mol. The molecule has 0 unspecified atom stereocenters. The van der Waals surface area contributed by atoms with Crippen molar-refractivity contribution in [2.75, 3.05) is 27.3 Å². The minimum atomic E-state index is -0.0413. The van der Waals surface area contributed by atoms with Crippen molar-refractivity contribution in [1.82, 2.24) is 14.8 Å². The minimum absolute atomic E-state index is 0.0413. The Morgan fingerprint density at radius 2 is 1.96 bits per heavy atom. The first-order valence-corrected chi connectivity index (χ1v) is 9.70. The van der Waals surface area contributed by atoms with Crippen molar-refractivity contribution in [2.45, 2.75) is 45.8 Å². The summed E-state index contributed by atoms with van der Waals surface area (Å²) in [5.41, 5.74) is 1.44. The van der Waals surface area contributed by atoms with Crippen LogP contribution in [0.3, 0.4) is 0 Å². The molecule has 0 spiro atoms. The lowest BCUT2D eigenvalue weighted by Crippen LogP contribution is -2.30. The van der Waals surface area contributed by atoms with E-state index in [2.05, 4.69) is 23.7 Å². The van der Waals surface area contributed by atoms with E-state index in [9.17, 15) is 4.79 Å². The van der Waals surface area contributed by atoms with Crippen LogP contribution < -0.4 is 9.47 Å². The van der Waals surface area contributed by atoms with Gasteiger partial charge in [0.25, 0.3) is 5.91 Å². The molecule has 2 heterocycles. The highest BCUT2D eigenvalue weighted by molar-refractivity contribution is 5.92. The summed E-state index contributed by atoms with van der Waals surface area (Å²) in [6.07, 6.45) is 3.59. The van der Waals surface area contributed by atoms with Crippen LogP contribution in [0.4, 0.5) is 0 Å². The zero-order valence-electron chi connectivity index (χ0n) is 17.1. The molecule has 1 aromatic heterocycles. The van der Waals surface area contributed by atoms with Crippen LogP contribution in [0.15, 0.2) is 28.9 Å². The Kier molecular flexibility index (Phi) is 6.57. The van der Waals surface area contributed by atoms with Crippen LogP contribution in [0.1, 0.15) is 48.6 Å². The first-order valence-electron chi connectivity index (χ1n) is 9.70. The van der Waals surface area contributed by atoms with Crippen molar-refractivity contribution in [2.24, 2.45) is 0 Å². The maximum absolute atomic E-state index is 12.5. The Morgan fingerprint density at radius 1 is 1.21 bits per heavy atom. The molecule has 0 aliphatic carbocycles. The largest absolute Gasteiger partial charge is 0.497 e. The third kappa shape index (κ3) is 4.65. The molecule has 1 saturated heterocycles. The quantitative estimate of drug-likeness (QED) is 0.692. The van der Waals surface area contributed by atoms with Gasteiger partial charge < -0.3 is 18.8 Å². The Bertz CT molecular complexity index is 797. The Hall–Kier alpha value is -2.54. The SMILES string of the molecule is COc1ccc(CN(Cc2nc(C(=O)N3CCCC3)co2)C(C)C)c(OC)c1. The standard InChI is InChI=1S/C21H29N3O4/c1-15(2)24(12-16-7-8-17(26-3)11-19(16)27-4)13-20-22-18(14-28-20)21(25)23-9-5-6-10-23/h7-8,11,14-15H,5-6,9-10,12-13H2,1-4H3. The molecule has 7 heteroatoms.